The number of para-hydroxylation sites is 1. The molecule has 5 nitrogen and oxygen atoms in total. The van der Waals surface area contributed by atoms with Crippen LogP contribution >= 0.6 is 11.8 Å². The van der Waals surface area contributed by atoms with Gasteiger partial charge in [0.05, 0.1) is 29.3 Å². The van der Waals surface area contributed by atoms with E-state index in [-0.39, 0.29) is 29.7 Å². The predicted molar refractivity (Wildman–Crippen MR) is 113 cm³/mol. The van der Waals surface area contributed by atoms with Gasteiger partial charge in [-0.15, -0.1) is 0 Å². The second-order valence-electron chi connectivity index (χ2n) is 6.59. The number of rotatable bonds is 8. The van der Waals surface area contributed by atoms with E-state index < -0.39 is 0 Å². The number of ketones is 1. The molecule has 1 aromatic heterocycles. The quantitative estimate of drug-likeness (QED) is 0.355. The minimum absolute atomic E-state index is 0.0151. The van der Waals surface area contributed by atoms with Gasteiger partial charge in [0, 0.05) is 5.56 Å². The Bertz CT molecular complexity index is 1020. The maximum absolute atomic E-state index is 13.0. The van der Waals surface area contributed by atoms with Gasteiger partial charge in [0.15, 0.2) is 10.9 Å². The van der Waals surface area contributed by atoms with Crippen molar-refractivity contribution in [2.45, 2.75) is 37.9 Å². The van der Waals surface area contributed by atoms with Crippen LogP contribution in [0.2, 0.25) is 0 Å². The van der Waals surface area contributed by atoms with Gasteiger partial charge in [-0.25, -0.2) is 4.98 Å². The molecule has 3 rings (SSSR count). The molecule has 0 aliphatic rings. The Hall–Kier alpha value is -2.44. The topological polar surface area (TPSA) is 72.2 Å². The van der Waals surface area contributed by atoms with Gasteiger partial charge in [0.1, 0.15) is 0 Å². The molecule has 3 aromatic rings. The Morgan fingerprint density at radius 2 is 1.86 bits per heavy atom. The highest BCUT2D eigenvalue weighted by atomic mass is 32.2. The number of Topliss-reactive ketones (excluding diaryl/α,β-unsaturated/α-hetero) is 1. The predicted octanol–water partition coefficient (Wildman–Crippen LogP) is 3.88. The van der Waals surface area contributed by atoms with E-state index >= 15 is 0 Å². The van der Waals surface area contributed by atoms with Gasteiger partial charge in [-0.2, -0.15) is 0 Å². The monoisotopic (exact) mass is 396 g/mol. The molecule has 0 bridgehead atoms. The number of fused-ring (bicyclic) bond motifs is 1. The van der Waals surface area contributed by atoms with Crippen LogP contribution in [0, 0.1) is 0 Å². The third-order valence-electron chi connectivity index (χ3n) is 4.84. The number of aromatic nitrogens is 2. The second-order valence-corrected chi connectivity index (χ2v) is 7.54. The largest absolute Gasteiger partial charge is 0.394 e. The van der Waals surface area contributed by atoms with Crippen LogP contribution in [0.15, 0.2) is 58.5 Å². The smallest absolute Gasteiger partial charge is 0.262 e. The van der Waals surface area contributed by atoms with Gasteiger partial charge in [-0.3, -0.25) is 14.2 Å². The molecule has 0 aliphatic carbocycles. The molecule has 1 heterocycles. The lowest BCUT2D eigenvalue weighted by atomic mass is 10.1. The van der Waals surface area contributed by atoms with Crippen molar-refractivity contribution < 1.29 is 9.90 Å². The summed E-state index contributed by atoms with van der Waals surface area (Å²) in [6.07, 6.45) is 1.52. The maximum atomic E-state index is 13.0. The van der Waals surface area contributed by atoms with Crippen molar-refractivity contribution in [3.63, 3.8) is 0 Å². The SMILES string of the molecule is CCc1ccc(C(=O)CSc2nc3ccccc3c(=O)n2C(CC)CO)cc1. The maximum Gasteiger partial charge on any atom is 0.262 e. The molecule has 0 saturated carbocycles. The van der Waals surface area contributed by atoms with Crippen LogP contribution in [0.4, 0.5) is 0 Å². The van der Waals surface area contributed by atoms with Crippen molar-refractivity contribution in [3.8, 4) is 0 Å². The number of nitrogens with zero attached hydrogens (tertiary/aromatic N) is 2. The number of carbonyl (C=O) groups is 1. The molecule has 6 heteroatoms. The van der Waals surface area contributed by atoms with Crippen LogP contribution in [0.25, 0.3) is 10.9 Å². The van der Waals surface area contributed by atoms with E-state index in [2.05, 4.69) is 11.9 Å². The van der Waals surface area contributed by atoms with E-state index in [1.165, 1.54) is 21.9 Å². The van der Waals surface area contributed by atoms with Crippen molar-refractivity contribution in [2.24, 2.45) is 0 Å². The first-order chi connectivity index (χ1) is 13.6. The zero-order valence-electron chi connectivity index (χ0n) is 16.1. The average Bonchev–Trinajstić information content (AvgIpc) is 2.74. The number of carbonyl (C=O) groups excluding carboxylic acids is 1. The first-order valence-corrected chi connectivity index (χ1v) is 10.4. The summed E-state index contributed by atoms with van der Waals surface area (Å²) in [4.78, 5) is 30.2. The summed E-state index contributed by atoms with van der Waals surface area (Å²) in [6.45, 7) is 3.83. The van der Waals surface area contributed by atoms with E-state index in [0.29, 0.717) is 28.0 Å². The molecule has 1 unspecified atom stereocenters. The van der Waals surface area contributed by atoms with E-state index in [0.717, 1.165) is 6.42 Å². The summed E-state index contributed by atoms with van der Waals surface area (Å²) in [5.74, 6) is 0.164. The lowest BCUT2D eigenvalue weighted by Gasteiger charge is -2.19. The summed E-state index contributed by atoms with van der Waals surface area (Å²) in [5.41, 5.74) is 2.24. The fourth-order valence-corrected chi connectivity index (χ4v) is 4.04. The van der Waals surface area contributed by atoms with E-state index in [4.69, 9.17) is 0 Å². The summed E-state index contributed by atoms with van der Waals surface area (Å²) in [7, 11) is 0. The van der Waals surface area contributed by atoms with Crippen LogP contribution in [0.3, 0.4) is 0 Å². The van der Waals surface area contributed by atoms with Gasteiger partial charge in [0.2, 0.25) is 0 Å². The zero-order chi connectivity index (χ0) is 20.1. The van der Waals surface area contributed by atoms with Crippen LogP contribution in [-0.2, 0) is 6.42 Å². The molecular formula is C22H24N2O3S. The van der Waals surface area contributed by atoms with Crippen molar-refractivity contribution in [1.29, 1.82) is 0 Å². The third-order valence-corrected chi connectivity index (χ3v) is 5.79. The minimum Gasteiger partial charge on any atom is -0.394 e. The standard InChI is InChI=1S/C22H24N2O3S/c1-3-15-9-11-16(12-10-15)20(26)14-28-22-23-19-8-6-5-7-18(19)21(27)24(22)17(4-2)13-25/h5-12,17,25H,3-4,13-14H2,1-2H3. The molecule has 0 aliphatic heterocycles. The molecule has 1 N–H and O–H groups in total. The van der Waals surface area contributed by atoms with Crippen LogP contribution in [0.1, 0.15) is 42.2 Å². The van der Waals surface area contributed by atoms with Crippen LogP contribution < -0.4 is 5.56 Å². The summed E-state index contributed by atoms with van der Waals surface area (Å²) < 4.78 is 1.53. The molecule has 0 radical (unpaired) electrons. The molecule has 2 aromatic carbocycles. The Morgan fingerprint density at radius 3 is 2.50 bits per heavy atom. The highest BCUT2D eigenvalue weighted by Crippen LogP contribution is 2.23. The molecule has 0 spiro atoms. The summed E-state index contributed by atoms with van der Waals surface area (Å²) >= 11 is 1.24. The van der Waals surface area contributed by atoms with Gasteiger partial charge >= 0.3 is 0 Å². The number of thioether (sulfide) groups is 1. The van der Waals surface area contributed by atoms with E-state index in [1.54, 1.807) is 18.2 Å². The van der Waals surface area contributed by atoms with Crippen LogP contribution in [-0.4, -0.2) is 32.8 Å². The number of aliphatic hydroxyl groups is 1. The van der Waals surface area contributed by atoms with Crippen molar-refractivity contribution in [1.82, 2.24) is 9.55 Å². The Morgan fingerprint density at radius 1 is 1.14 bits per heavy atom. The first-order valence-electron chi connectivity index (χ1n) is 9.46. The molecule has 0 saturated heterocycles. The molecule has 0 fully saturated rings. The number of hydrogen-bond acceptors (Lipinski definition) is 5. The van der Waals surface area contributed by atoms with Gasteiger partial charge in [-0.1, -0.05) is 62.0 Å². The fourth-order valence-electron chi connectivity index (χ4n) is 3.08. The Labute approximate surface area is 168 Å². The highest BCUT2D eigenvalue weighted by Gasteiger charge is 2.19. The normalized spacial score (nSPS) is 12.2. The average molecular weight is 397 g/mol. The fraction of sp³-hybridized carbons (Fsp3) is 0.318. The number of hydrogen-bond donors (Lipinski definition) is 1. The summed E-state index contributed by atoms with van der Waals surface area (Å²) in [6, 6.07) is 14.4. The minimum atomic E-state index is -0.369. The first kappa shape index (κ1) is 20.3. The zero-order valence-corrected chi connectivity index (χ0v) is 16.9. The Balaban J connectivity index is 1.93. The van der Waals surface area contributed by atoms with E-state index in [9.17, 15) is 14.7 Å². The van der Waals surface area contributed by atoms with Crippen molar-refractivity contribution >= 4 is 28.4 Å². The summed E-state index contributed by atoms with van der Waals surface area (Å²) in [5, 5.41) is 10.7. The lowest BCUT2D eigenvalue weighted by Crippen LogP contribution is -2.29. The molecule has 1 atom stereocenters. The van der Waals surface area contributed by atoms with Gasteiger partial charge < -0.3 is 5.11 Å². The number of aryl methyl sites for hydroxylation is 1. The van der Waals surface area contributed by atoms with Crippen LogP contribution in [0.5, 0.6) is 0 Å². The van der Waals surface area contributed by atoms with Crippen molar-refractivity contribution in [2.75, 3.05) is 12.4 Å². The van der Waals surface area contributed by atoms with Gasteiger partial charge in [-0.05, 0) is 30.5 Å². The number of benzene rings is 2. The highest BCUT2D eigenvalue weighted by molar-refractivity contribution is 7.99. The second kappa shape index (κ2) is 9.17. The molecule has 28 heavy (non-hydrogen) atoms. The molecule has 146 valence electrons. The number of aliphatic hydroxyl groups excluding tert-OH is 1. The van der Waals surface area contributed by atoms with Gasteiger partial charge in [0.25, 0.3) is 5.56 Å². The van der Waals surface area contributed by atoms with E-state index in [1.807, 2.05) is 37.3 Å². The van der Waals surface area contributed by atoms with Crippen molar-refractivity contribution in [3.05, 3.63) is 70.0 Å². The molecule has 0 amide bonds. The third kappa shape index (κ3) is 4.18. The molecular weight excluding hydrogens is 372 g/mol. The lowest BCUT2D eigenvalue weighted by molar-refractivity contribution is 0.102. The Kier molecular flexibility index (Phi) is 6.65.